The second-order valence-corrected chi connectivity index (χ2v) is 11.7. The summed E-state index contributed by atoms with van der Waals surface area (Å²) in [5.41, 5.74) is 1.57. The van der Waals surface area contributed by atoms with Gasteiger partial charge in [-0.05, 0) is 86.3 Å². The molecule has 1 saturated carbocycles. The van der Waals surface area contributed by atoms with Crippen molar-refractivity contribution in [3.8, 4) is 22.5 Å². The summed E-state index contributed by atoms with van der Waals surface area (Å²) in [6.07, 6.45) is 4.70. The van der Waals surface area contributed by atoms with Gasteiger partial charge in [0.2, 0.25) is 0 Å². The summed E-state index contributed by atoms with van der Waals surface area (Å²) in [6.45, 7) is 3.84. The standard InChI is InChI=1S/C35H31F2N3O4/c1-20-6-7-22(26(41)17-35(18-34(2,19-35)43-4)33-39-14-5-15-40-33)16-25(20)24-12-13-27-28(30(24)37)29(32(42)38-3)31(44-27)21-8-10-23(36)11-9-21/h5-16H,17-19H2,1-4H3,(H,38,42). The van der Waals surface area contributed by atoms with Crippen molar-refractivity contribution in [3.05, 3.63) is 107 Å². The van der Waals surface area contributed by atoms with E-state index in [-0.39, 0.29) is 45.7 Å². The second kappa shape index (κ2) is 11.1. The molecule has 224 valence electrons. The molecule has 1 fully saturated rings. The number of nitrogens with one attached hydrogen (secondary N) is 1. The van der Waals surface area contributed by atoms with Crippen molar-refractivity contribution in [1.82, 2.24) is 15.3 Å². The molecule has 0 saturated heterocycles. The zero-order chi connectivity index (χ0) is 31.2. The van der Waals surface area contributed by atoms with Crippen LogP contribution in [0.25, 0.3) is 33.4 Å². The van der Waals surface area contributed by atoms with Gasteiger partial charge < -0.3 is 14.5 Å². The maximum atomic E-state index is 16.5. The highest BCUT2D eigenvalue weighted by Gasteiger charge is 2.56. The minimum atomic E-state index is -0.657. The fraction of sp³-hybridized carbons (Fsp3) is 0.257. The number of fused-ring (bicyclic) bond motifs is 1. The molecule has 0 atom stereocenters. The van der Waals surface area contributed by atoms with E-state index in [1.165, 1.54) is 31.3 Å². The molecule has 1 N–H and O–H groups in total. The summed E-state index contributed by atoms with van der Waals surface area (Å²) in [5, 5.41) is 2.56. The van der Waals surface area contributed by atoms with Gasteiger partial charge in [-0.1, -0.05) is 12.1 Å². The molecule has 1 amide bonds. The lowest BCUT2D eigenvalue weighted by molar-refractivity contribution is -0.108. The van der Waals surface area contributed by atoms with E-state index in [1.54, 1.807) is 55.9 Å². The molecule has 0 bridgehead atoms. The Hall–Kier alpha value is -4.76. The lowest BCUT2D eigenvalue weighted by Crippen LogP contribution is -2.55. The number of carbonyl (C=O) groups is 2. The molecule has 6 rings (SSSR count). The van der Waals surface area contributed by atoms with E-state index < -0.39 is 23.0 Å². The van der Waals surface area contributed by atoms with E-state index >= 15 is 4.39 Å². The van der Waals surface area contributed by atoms with Gasteiger partial charge in [-0.25, -0.2) is 18.7 Å². The Morgan fingerprint density at radius 1 is 1.00 bits per heavy atom. The number of aromatic nitrogens is 2. The van der Waals surface area contributed by atoms with Gasteiger partial charge in [0.25, 0.3) is 5.91 Å². The molecule has 9 heteroatoms. The Balaban J connectivity index is 1.41. The van der Waals surface area contributed by atoms with Gasteiger partial charge in [-0.3, -0.25) is 9.59 Å². The Labute approximate surface area is 253 Å². The molecule has 1 aliphatic rings. The van der Waals surface area contributed by atoms with Crippen molar-refractivity contribution in [2.45, 2.75) is 44.1 Å². The highest BCUT2D eigenvalue weighted by atomic mass is 19.1. The summed E-state index contributed by atoms with van der Waals surface area (Å²) in [7, 11) is 3.11. The Bertz CT molecular complexity index is 1900. The summed E-state index contributed by atoms with van der Waals surface area (Å²) in [6, 6.07) is 15.6. The number of furan rings is 1. The molecule has 2 heterocycles. The van der Waals surface area contributed by atoms with Gasteiger partial charge in [0.1, 0.15) is 28.8 Å². The van der Waals surface area contributed by atoms with Gasteiger partial charge in [-0.15, -0.1) is 0 Å². The smallest absolute Gasteiger partial charge is 0.255 e. The zero-order valence-corrected chi connectivity index (χ0v) is 24.8. The Morgan fingerprint density at radius 3 is 2.36 bits per heavy atom. The van der Waals surface area contributed by atoms with Crippen LogP contribution < -0.4 is 5.32 Å². The number of ketones is 1. The van der Waals surface area contributed by atoms with Crippen LogP contribution >= 0.6 is 0 Å². The van der Waals surface area contributed by atoms with Gasteiger partial charge in [0.05, 0.1) is 16.6 Å². The molecule has 0 unspecified atom stereocenters. The van der Waals surface area contributed by atoms with Crippen LogP contribution in [0.1, 0.15) is 58.3 Å². The fourth-order valence-corrected chi connectivity index (χ4v) is 6.46. The van der Waals surface area contributed by atoms with Gasteiger partial charge >= 0.3 is 0 Å². The van der Waals surface area contributed by atoms with Gasteiger partial charge in [-0.2, -0.15) is 0 Å². The van der Waals surface area contributed by atoms with Crippen LogP contribution in [0.3, 0.4) is 0 Å². The normalized spacial score (nSPS) is 19.5. The third kappa shape index (κ3) is 4.97. The molecule has 44 heavy (non-hydrogen) atoms. The van der Waals surface area contributed by atoms with Gasteiger partial charge in [0.15, 0.2) is 5.78 Å². The number of hydrogen-bond donors (Lipinski definition) is 1. The molecule has 3 aromatic carbocycles. The quantitative estimate of drug-likeness (QED) is 0.191. The third-order valence-electron chi connectivity index (χ3n) is 8.66. The lowest BCUT2D eigenvalue weighted by Gasteiger charge is -2.52. The van der Waals surface area contributed by atoms with Crippen LogP contribution in [0.15, 0.2) is 77.5 Å². The first kappa shape index (κ1) is 29.3. The second-order valence-electron chi connectivity index (χ2n) is 11.7. The molecule has 2 aromatic heterocycles. The van der Waals surface area contributed by atoms with Crippen molar-refractivity contribution in [3.63, 3.8) is 0 Å². The molecular formula is C35H31F2N3O4. The molecular weight excluding hydrogens is 564 g/mol. The predicted octanol–water partition coefficient (Wildman–Crippen LogP) is 7.21. The van der Waals surface area contributed by atoms with E-state index in [9.17, 15) is 14.0 Å². The summed E-state index contributed by atoms with van der Waals surface area (Å²) < 4.78 is 41.7. The monoisotopic (exact) mass is 595 g/mol. The zero-order valence-electron chi connectivity index (χ0n) is 24.8. The van der Waals surface area contributed by atoms with E-state index in [0.29, 0.717) is 35.4 Å². The number of amides is 1. The van der Waals surface area contributed by atoms with Crippen molar-refractivity contribution in [2.24, 2.45) is 0 Å². The van der Waals surface area contributed by atoms with Crippen molar-refractivity contribution in [1.29, 1.82) is 0 Å². The number of methoxy groups -OCH3 is 1. The molecule has 0 radical (unpaired) electrons. The minimum absolute atomic E-state index is 0.00537. The number of Topliss-reactive ketones (excluding diaryl/α,β-unsaturated/α-hetero) is 1. The number of rotatable bonds is 8. The van der Waals surface area contributed by atoms with E-state index in [2.05, 4.69) is 15.3 Å². The molecule has 5 aromatic rings. The number of hydrogen-bond acceptors (Lipinski definition) is 6. The molecule has 7 nitrogen and oxygen atoms in total. The SMILES string of the molecule is CNC(=O)c1c(-c2ccc(F)cc2)oc2ccc(-c3cc(C(=O)CC4(c5ncccn5)CC(C)(OC)C4)ccc3C)c(F)c12. The average Bonchev–Trinajstić information content (AvgIpc) is 3.41. The maximum absolute atomic E-state index is 16.5. The van der Waals surface area contributed by atoms with E-state index in [0.717, 1.165) is 5.56 Å². The summed E-state index contributed by atoms with van der Waals surface area (Å²) >= 11 is 0. The van der Waals surface area contributed by atoms with Crippen LogP contribution in [0, 0.1) is 18.6 Å². The third-order valence-corrected chi connectivity index (χ3v) is 8.66. The Kier molecular flexibility index (Phi) is 7.37. The van der Waals surface area contributed by atoms with Crippen molar-refractivity contribution >= 4 is 22.7 Å². The highest BCUT2D eigenvalue weighted by molar-refractivity contribution is 6.12. The average molecular weight is 596 g/mol. The first-order valence-electron chi connectivity index (χ1n) is 14.3. The number of halogens is 2. The first-order chi connectivity index (χ1) is 21.1. The minimum Gasteiger partial charge on any atom is -0.455 e. The largest absolute Gasteiger partial charge is 0.455 e. The number of nitrogens with zero attached hydrogens (tertiary/aromatic N) is 2. The van der Waals surface area contributed by atoms with Crippen LogP contribution in [0.4, 0.5) is 8.78 Å². The topological polar surface area (TPSA) is 94.3 Å². The van der Waals surface area contributed by atoms with Crippen LogP contribution in [-0.4, -0.2) is 41.4 Å². The lowest BCUT2D eigenvalue weighted by atomic mass is 9.56. The number of carbonyl (C=O) groups excluding carboxylic acids is 2. The van der Waals surface area contributed by atoms with E-state index in [1.807, 2.05) is 13.8 Å². The molecule has 1 aliphatic carbocycles. The number of ether oxygens (including phenoxy) is 1. The van der Waals surface area contributed by atoms with Crippen LogP contribution in [0.2, 0.25) is 0 Å². The van der Waals surface area contributed by atoms with Crippen LogP contribution in [-0.2, 0) is 10.2 Å². The molecule has 0 spiro atoms. The maximum Gasteiger partial charge on any atom is 0.255 e. The number of benzene rings is 3. The molecule has 0 aliphatic heterocycles. The highest BCUT2D eigenvalue weighted by Crippen LogP contribution is 2.53. The first-order valence-corrected chi connectivity index (χ1v) is 14.3. The van der Waals surface area contributed by atoms with Crippen molar-refractivity contribution in [2.75, 3.05) is 14.2 Å². The summed E-state index contributed by atoms with van der Waals surface area (Å²) in [4.78, 5) is 35.8. The van der Waals surface area contributed by atoms with E-state index in [4.69, 9.17) is 9.15 Å². The van der Waals surface area contributed by atoms with Crippen LogP contribution in [0.5, 0.6) is 0 Å². The fourth-order valence-electron chi connectivity index (χ4n) is 6.46. The van der Waals surface area contributed by atoms with Gasteiger partial charge in [0, 0.05) is 55.1 Å². The Morgan fingerprint density at radius 2 is 1.70 bits per heavy atom. The van der Waals surface area contributed by atoms with Crippen molar-refractivity contribution < 1.29 is 27.5 Å². The summed E-state index contributed by atoms with van der Waals surface area (Å²) in [5.74, 6) is -1.03. The number of aryl methyl sites for hydroxylation is 1. The predicted molar refractivity (Wildman–Crippen MR) is 162 cm³/mol.